The number of ether oxygens (including phenoxy) is 1. The van der Waals surface area contributed by atoms with Gasteiger partial charge in [-0.1, -0.05) is 30.3 Å². The highest BCUT2D eigenvalue weighted by Crippen LogP contribution is 2.21. The first-order valence-electron chi connectivity index (χ1n) is 7.98. The lowest BCUT2D eigenvalue weighted by molar-refractivity contribution is 0.0666. The lowest BCUT2D eigenvalue weighted by Gasteiger charge is -2.17. The highest BCUT2D eigenvalue weighted by molar-refractivity contribution is 5.50. The second-order valence-corrected chi connectivity index (χ2v) is 5.66. The zero-order valence-corrected chi connectivity index (χ0v) is 13.1. The number of hydrogen-bond acceptors (Lipinski definition) is 5. The summed E-state index contributed by atoms with van der Waals surface area (Å²) in [7, 11) is 0. The number of rotatable bonds is 6. The monoisotopic (exact) mass is 308 g/mol. The van der Waals surface area contributed by atoms with E-state index < -0.39 is 0 Å². The summed E-state index contributed by atoms with van der Waals surface area (Å²) in [6.07, 6.45) is 6.42. The molecule has 1 saturated heterocycles. The second kappa shape index (κ2) is 7.70. The van der Waals surface area contributed by atoms with E-state index in [4.69, 9.17) is 10.00 Å². The standard InChI is InChI=1S/C18H20N4O/c19-13-17-18(21-10-9-20-17)22-11-8-16(14-22)23-12-4-7-15-5-2-1-3-6-15/h1-3,5-6,9-10,16H,4,7-8,11-12,14H2/t16-/m0/s1. The van der Waals surface area contributed by atoms with Crippen LogP contribution in [0.5, 0.6) is 0 Å². The number of nitrogens with zero attached hydrogens (tertiary/aromatic N) is 4. The summed E-state index contributed by atoms with van der Waals surface area (Å²) >= 11 is 0. The first-order chi connectivity index (χ1) is 11.4. The Labute approximate surface area is 136 Å². The van der Waals surface area contributed by atoms with E-state index in [1.165, 1.54) is 5.56 Å². The first-order valence-corrected chi connectivity index (χ1v) is 7.98. The molecule has 118 valence electrons. The third-order valence-electron chi connectivity index (χ3n) is 4.04. The summed E-state index contributed by atoms with van der Waals surface area (Å²) in [5.74, 6) is 0.672. The normalized spacial score (nSPS) is 17.2. The minimum Gasteiger partial charge on any atom is -0.376 e. The van der Waals surface area contributed by atoms with E-state index in [2.05, 4.69) is 45.2 Å². The number of nitriles is 1. The zero-order chi connectivity index (χ0) is 15.9. The van der Waals surface area contributed by atoms with Crippen LogP contribution < -0.4 is 4.90 Å². The first kappa shape index (κ1) is 15.4. The molecular weight excluding hydrogens is 288 g/mol. The molecule has 1 aromatic heterocycles. The van der Waals surface area contributed by atoms with Crippen molar-refractivity contribution in [1.29, 1.82) is 5.26 Å². The maximum atomic E-state index is 9.12. The van der Waals surface area contributed by atoms with Gasteiger partial charge in [-0.15, -0.1) is 0 Å². The molecule has 1 aromatic carbocycles. The van der Waals surface area contributed by atoms with E-state index in [-0.39, 0.29) is 6.10 Å². The van der Waals surface area contributed by atoms with E-state index in [1.54, 1.807) is 12.4 Å². The van der Waals surface area contributed by atoms with Gasteiger partial charge in [0, 0.05) is 32.1 Å². The summed E-state index contributed by atoms with van der Waals surface area (Å²) in [6, 6.07) is 12.6. The van der Waals surface area contributed by atoms with E-state index in [0.29, 0.717) is 11.5 Å². The fourth-order valence-corrected chi connectivity index (χ4v) is 2.87. The average molecular weight is 308 g/mol. The van der Waals surface area contributed by atoms with Gasteiger partial charge in [-0.2, -0.15) is 5.26 Å². The zero-order valence-electron chi connectivity index (χ0n) is 13.1. The van der Waals surface area contributed by atoms with Crippen LogP contribution in [0.15, 0.2) is 42.7 Å². The fourth-order valence-electron chi connectivity index (χ4n) is 2.87. The number of aromatic nitrogens is 2. The summed E-state index contributed by atoms with van der Waals surface area (Å²) in [6.45, 7) is 2.40. The Hall–Kier alpha value is -2.45. The van der Waals surface area contributed by atoms with Crippen LogP contribution >= 0.6 is 0 Å². The molecule has 1 aliphatic rings. The molecule has 0 spiro atoms. The lowest BCUT2D eigenvalue weighted by Crippen LogP contribution is -2.25. The molecular formula is C18H20N4O. The van der Waals surface area contributed by atoms with Crippen molar-refractivity contribution in [2.24, 2.45) is 0 Å². The Morgan fingerprint density at radius 3 is 2.87 bits per heavy atom. The Bertz CT molecular complexity index is 668. The molecule has 1 atom stereocenters. The van der Waals surface area contributed by atoms with Gasteiger partial charge in [-0.3, -0.25) is 0 Å². The molecule has 23 heavy (non-hydrogen) atoms. The summed E-state index contributed by atoms with van der Waals surface area (Å²) in [5, 5.41) is 9.12. The highest BCUT2D eigenvalue weighted by atomic mass is 16.5. The van der Waals surface area contributed by atoms with E-state index in [9.17, 15) is 0 Å². The van der Waals surface area contributed by atoms with Crippen LogP contribution in [0.4, 0.5) is 5.82 Å². The summed E-state index contributed by atoms with van der Waals surface area (Å²) < 4.78 is 5.98. The second-order valence-electron chi connectivity index (χ2n) is 5.66. The van der Waals surface area contributed by atoms with Gasteiger partial charge in [0.25, 0.3) is 0 Å². The topological polar surface area (TPSA) is 62.0 Å². The Kier molecular flexibility index (Phi) is 5.17. The molecule has 0 aliphatic carbocycles. The predicted octanol–water partition coefficient (Wildman–Crippen LogP) is 2.58. The number of benzene rings is 1. The van der Waals surface area contributed by atoms with Crippen molar-refractivity contribution in [2.45, 2.75) is 25.4 Å². The molecule has 1 aliphatic heterocycles. The average Bonchev–Trinajstić information content (AvgIpc) is 3.08. The predicted molar refractivity (Wildman–Crippen MR) is 88.1 cm³/mol. The third kappa shape index (κ3) is 4.05. The molecule has 5 heteroatoms. The van der Waals surface area contributed by atoms with E-state index in [1.807, 2.05) is 6.07 Å². The molecule has 0 bridgehead atoms. The van der Waals surface area contributed by atoms with Crippen LogP contribution in [-0.2, 0) is 11.2 Å². The van der Waals surface area contributed by atoms with E-state index >= 15 is 0 Å². The maximum Gasteiger partial charge on any atom is 0.183 e. The van der Waals surface area contributed by atoms with Gasteiger partial charge < -0.3 is 9.64 Å². The minimum atomic E-state index is 0.208. The molecule has 0 saturated carbocycles. The van der Waals surface area contributed by atoms with Gasteiger partial charge in [0.1, 0.15) is 6.07 Å². The molecule has 2 heterocycles. The number of aryl methyl sites for hydroxylation is 1. The van der Waals surface area contributed by atoms with Gasteiger partial charge in [-0.25, -0.2) is 9.97 Å². The minimum absolute atomic E-state index is 0.208. The quantitative estimate of drug-likeness (QED) is 0.768. The molecule has 0 amide bonds. The van der Waals surface area contributed by atoms with Crippen LogP contribution in [0.3, 0.4) is 0 Å². The number of hydrogen-bond donors (Lipinski definition) is 0. The van der Waals surface area contributed by atoms with Crippen LogP contribution in [0.2, 0.25) is 0 Å². The van der Waals surface area contributed by atoms with Crippen LogP contribution in [0, 0.1) is 11.3 Å². The molecule has 0 N–H and O–H groups in total. The van der Waals surface area contributed by atoms with Gasteiger partial charge in [0.05, 0.1) is 6.10 Å². The van der Waals surface area contributed by atoms with Crippen LogP contribution in [-0.4, -0.2) is 35.8 Å². The molecule has 5 nitrogen and oxygen atoms in total. The van der Waals surface area contributed by atoms with E-state index in [0.717, 1.165) is 39.0 Å². The Morgan fingerprint density at radius 2 is 2.04 bits per heavy atom. The fraction of sp³-hybridized carbons (Fsp3) is 0.389. The van der Waals surface area contributed by atoms with Crippen molar-refractivity contribution < 1.29 is 4.74 Å². The van der Waals surface area contributed by atoms with Crippen molar-refractivity contribution >= 4 is 5.82 Å². The largest absolute Gasteiger partial charge is 0.376 e. The van der Waals surface area contributed by atoms with Crippen molar-refractivity contribution in [1.82, 2.24) is 9.97 Å². The van der Waals surface area contributed by atoms with Gasteiger partial charge >= 0.3 is 0 Å². The van der Waals surface area contributed by atoms with Gasteiger partial charge in [-0.05, 0) is 24.8 Å². The van der Waals surface area contributed by atoms with Crippen molar-refractivity contribution in [2.75, 3.05) is 24.6 Å². The maximum absolute atomic E-state index is 9.12. The lowest BCUT2D eigenvalue weighted by atomic mass is 10.1. The van der Waals surface area contributed by atoms with Crippen LogP contribution in [0.1, 0.15) is 24.1 Å². The van der Waals surface area contributed by atoms with Crippen LogP contribution in [0.25, 0.3) is 0 Å². The Morgan fingerprint density at radius 1 is 1.22 bits per heavy atom. The van der Waals surface area contributed by atoms with Gasteiger partial charge in [0.2, 0.25) is 0 Å². The summed E-state index contributed by atoms with van der Waals surface area (Å²) in [4.78, 5) is 10.4. The SMILES string of the molecule is N#Cc1nccnc1N1CC[C@H](OCCCc2ccccc2)C1. The van der Waals surface area contributed by atoms with Gasteiger partial charge in [0.15, 0.2) is 11.5 Å². The molecule has 0 unspecified atom stereocenters. The molecule has 1 fully saturated rings. The summed E-state index contributed by atoms with van der Waals surface area (Å²) in [5.41, 5.74) is 1.74. The molecule has 3 rings (SSSR count). The van der Waals surface area contributed by atoms with Crippen molar-refractivity contribution in [3.05, 3.63) is 54.0 Å². The molecule has 0 radical (unpaired) electrons. The van der Waals surface area contributed by atoms with Crippen molar-refractivity contribution in [3.8, 4) is 6.07 Å². The highest BCUT2D eigenvalue weighted by Gasteiger charge is 2.25. The van der Waals surface area contributed by atoms with Crippen molar-refractivity contribution in [3.63, 3.8) is 0 Å². The number of anilines is 1. The smallest absolute Gasteiger partial charge is 0.183 e. The third-order valence-corrected chi connectivity index (χ3v) is 4.04. The Balaban J connectivity index is 1.44. The molecule has 2 aromatic rings.